The maximum atomic E-state index is 11.3. The summed E-state index contributed by atoms with van der Waals surface area (Å²) >= 11 is 0. The van der Waals surface area contributed by atoms with E-state index in [-0.39, 0.29) is 30.7 Å². The van der Waals surface area contributed by atoms with Crippen molar-refractivity contribution in [3.8, 4) is 0 Å². The standard InChI is InChI=1S/C11H15NO4.C5H7NO.C5H6O3/c1-8-5-6-9(16-8)7-12-10(13)3-2-4-11(14)15;6-4-5-2-1-3-7-5;6-4-2-1-3-5(7)8-4/h5-6H,2-4,7H2,1H3,(H,12,13)(H,14,15);1-3H,4,6H2;1-3H2. The van der Waals surface area contributed by atoms with Crippen molar-refractivity contribution in [1.82, 2.24) is 5.32 Å². The molecule has 10 heteroatoms. The van der Waals surface area contributed by atoms with Gasteiger partial charge in [-0.2, -0.15) is 0 Å². The largest absolute Gasteiger partial charge is 0.481 e. The summed E-state index contributed by atoms with van der Waals surface area (Å²) in [5.41, 5.74) is 5.20. The van der Waals surface area contributed by atoms with Crippen LogP contribution < -0.4 is 11.1 Å². The highest BCUT2D eigenvalue weighted by atomic mass is 16.6. The highest BCUT2D eigenvalue weighted by Crippen LogP contribution is 2.06. The molecule has 3 rings (SSSR count). The number of nitrogens with one attached hydrogen (secondary N) is 1. The lowest BCUT2D eigenvalue weighted by Gasteiger charge is -2.06. The maximum absolute atomic E-state index is 11.3. The Balaban J connectivity index is 0.000000264. The van der Waals surface area contributed by atoms with E-state index in [2.05, 4.69) is 10.1 Å². The maximum Gasteiger partial charge on any atom is 0.313 e. The fourth-order valence-electron chi connectivity index (χ4n) is 2.29. The highest BCUT2D eigenvalue weighted by molar-refractivity contribution is 5.87. The number of nitrogens with two attached hydrogens (primary N) is 1. The van der Waals surface area contributed by atoms with Crippen LogP contribution in [0.4, 0.5) is 0 Å². The average molecular weight is 436 g/mol. The SMILES string of the molecule is Cc1ccc(CNC(=O)CCCC(=O)O)o1.NCc1ccco1.O=C1CCCC(=O)O1. The van der Waals surface area contributed by atoms with Crippen molar-refractivity contribution in [3.05, 3.63) is 47.8 Å². The van der Waals surface area contributed by atoms with E-state index in [4.69, 9.17) is 19.7 Å². The second kappa shape index (κ2) is 14.6. The minimum absolute atomic E-state index is 0.0211. The predicted octanol–water partition coefficient (Wildman–Crippen LogP) is 2.44. The lowest BCUT2D eigenvalue weighted by atomic mass is 10.2. The zero-order valence-electron chi connectivity index (χ0n) is 17.4. The first kappa shape index (κ1) is 25.6. The molecule has 0 atom stereocenters. The Bertz CT molecular complexity index is 812. The van der Waals surface area contributed by atoms with Crippen molar-refractivity contribution in [2.75, 3.05) is 0 Å². The average Bonchev–Trinajstić information content (AvgIpc) is 3.38. The molecule has 0 aromatic carbocycles. The number of hydrogen-bond donors (Lipinski definition) is 3. The first-order valence-electron chi connectivity index (χ1n) is 9.80. The molecule has 1 fully saturated rings. The second-order valence-corrected chi connectivity index (χ2v) is 6.52. The van der Waals surface area contributed by atoms with Gasteiger partial charge in [0.05, 0.1) is 19.4 Å². The van der Waals surface area contributed by atoms with Crippen molar-refractivity contribution in [2.45, 2.75) is 58.5 Å². The molecule has 1 amide bonds. The van der Waals surface area contributed by atoms with E-state index >= 15 is 0 Å². The van der Waals surface area contributed by atoms with Crippen molar-refractivity contribution in [3.63, 3.8) is 0 Å². The third-order valence-corrected chi connectivity index (χ3v) is 3.82. The van der Waals surface area contributed by atoms with E-state index in [9.17, 15) is 19.2 Å². The van der Waals surface area contributed by atoms with Gasteiger partial charge in [-0.1, -0.05) is 0 Å². The van der Waals surface area contributed by atoms with Gasteiger partial charge in [-0.25, -0.2) is 0 Å². The van der Waals surface area contributed by atoms with E-state index in [1.165, 1.54) is 0 Å². The Kier molecular flexibility index (Phi) is 12.0. The number of amides is 1. The van der Waals surface area contributed by atoms with Gasteiger partial charge in [-0.15, -0.1) is 0 Å². The molecule has 10 nitrogen and oxygen atoms in total. The number of carbonyl (C=O) groups excluding carboxylic acids is 3. The number of hydrogen-bond acceptors (Lipinski definition) is 8. The van der Waals surface area contributed by atoms with Gasteiger partial charge in [0.15, 0.2) is 0 Å². The van der Waals surface area contributed by atoms with Crippen molar-refractivity contribution in [2.24, 2.45) is 5.73 Å². The van der Waals surface area contributed by atoms with Crippen LogP contribution in [0.25, 0.3) is 0 Å². The molecule has 1 aliphatic heterocycles. The van der Waals surface area contributed by atoms with E-state index in [1.807, 2.05) is 25.1 Å². The van der Waals surface area contributed by atoms with Crippen LogP contribution in [0, 0.1) is 6.92 Å². The molecular weight excluding hydrogens is 408 g/mol. The fourth-order valence-corrected chi connectivity index (χ4v) is 2.29. The van der Waals surface area contributed by atoms with Crippen LogP contribution >= 0.6 is 0 Å². The third kappa shape index (κ3) is 12.7. The monoisotopic (exact) mass is 436 g/mol. The second-order valence-electron chi connectivity index (χ2n) is 6.52. The lowest BCUT2D eigenvalue weighted by Crippen LogP contribution is -2.22. The number of cyclic esters (lactones) is 2. The van der Waals surface area contributed by atoms with Crippen molar-refractivity contribution < 1.29 is 37.9 Å². The molecule has 3 heterocycles. The number of aryl methyl sites for hydroxylation is 1. The van der Waals surface area contributed by atoms with Crippen LogP contribution in [0.2, 0.25) is 0 Å². The Morgan fingerprint density at radius 2 is 1.81 bits per heavy atom. The molecule has 4 N–H and O–H groups in total. The molecule has 1 aliphatic rings. The summed E-state index contributed by atoms with van der Waals surface area (Å²) in [5, 5.41) is 11.1. The number of ether oxygens (including phenoxy) is 1. The molecule has 2 aromatic rings. The van der Waals surface area contributed by atoms with Gasteiger partial charge < -0.3 is 29.7 Å². The van der Waals surface area contributed by atoms with Gasteiger partial charge in [0, 0.05) is 25.7 Å². The zero-order chi connectivity index (χ0) is 23.1. The molecule has 0 saturated carbocycles. The summed E-state index contributed by atoms with van der Waals surface area (Å²) in [6.07, 6.45) is 3.66. The van der Waals surface area contributed by atoms with Crippen molar-refractivity contribution in [1.29, 1.82) is 0 Å². The first-order valence-corrected chi connectivity index (χ1v) is 9.80. The van der Waals surface area contributed by atoms with Gasteiger partial charge in [0.2, 0.25) is 5.91 Å². The minimum Gasteiger partial charge on any atom is -0.481 e. The summed E-state index contributed by atoms with van der Waals surface area (Å²) in [5.74, 6) is 0.520. The Morgan fingerprint density at radius 1 is 1.10 bits per heavy atom. The van der Waals surface area contributed by atoms with Gasteiger partial charge in [-0.05, 0) is 44.0 Å². The lowest BCUT2D eigenvalue weighted by molar-refractivity contribution is -0.163. The summed E-state index contributed by atoms with van der Waals surface area (Å²) < 4.78 is 14.3. The van der Waals surface area contributed by atoms with Crippen LogP contribution in [0.3, 0.4) is 0 Å². The number of furan rings is 2. The van der Waals surface area contributed by atoms with Gasteiger partial charge in [0.25, 0.3) is 0 Å². The van der Waals surface area contributed by atoms with Crippen LogP contribution in [0.15, 0.2) is 39.4 Å². The smallest absolute Gasteiger partial charge is 0.313 e. The molecule has 0 bridgehead atoms. The molecule has 170 valence electrons. The number of carbonyl (C=O) groups is 4. The third-order valence-electron chi connectivity index (χ3n) is 3.82. The summed E-state index contributed by atoms with van der Waals surface area (Å²) in [4.78, 5) is 41.9. The van der Waals surface area contributed by atoms with Crippen LogP contribution in [-0.2, 0) is 37.0 Å². The Hall–Kier alpha value is -3.40. The van der Waals surface area contributed by atoms with E-state index in [0.29, 0.717) is 44.5 Å². The minimum atomic E-state index is -0.880. The molecule has 1 saturated heterocycles. The molecule has 2 aromatic heterocycles. The van der Waals surface area contributed by atoms with Gasteiger partial charge in [0.1, 0.15) is 17.3 Å². The summed E-state index contributed by atoms with van der Waals surface area (Å²) in [7, 11) is 0. The van der Waals surface area contributed by atoms with Gasteiger partial charge in [-0.3, -0.25) is 19.2 Å². The summed E-state index contributed by atoms with van der Waals surface area (Å²) in [6.45, 7) is 2.67. The van der Waals surface area contributed by atoms with Gasteiger partial charge >= 0.3 is 17.9 Å². The molecular formula is C21H28N2O8. The Labute approximate surface area is 179 Å². The van der Waals surface area contributed by atoms with Crippen LogP contribution in [-0.4, -0.2) is 28.9 Å². The zero-order valence-corrected chi connectivity index (χ0v) is 17.4. The molecule has 31 heavy (non-hydrogen) atoms. The van der Waals surface area contributed by atoms with Crippen LogP contribution in [0.5, 0.6) is 0 Å². The van der Waals surface area contributed by atoms with E-state index in [0.717, 1.165) is 11.5 Å². The predicted molar refractivity (Wildman–Crippen MR) is 108 cm³/mol. The Morgan fingerprint density at radius 3 is 2.23 bits per heavy atom. The first-order chi connectivity index (χ1) is 14.8. The highest BCUT2D eigenvalue weighted by Gasteiger charge is 2.16. The molecule has 0 spiro atoms. The number of aliphatic carboxylic acids is 1. The number of esters is 2. The topological polar surface area (TPSA) is 162 Å². The van der Waals surface area contributed by atoms with E-state index < -0.39 is 5.97 Å². The van der Waals surface area contributed by atoms with Crippen molar-refractivity contribution >= 4 is 23.8 Å². The molecule has 0 radical (unpaired) electrons. The summed E-state index contributed by atoms with van der Waals surface area (Å²) in [6, 6.07) is 7.29. The quantitative estimate of drug-likeness (QED) is 0.437. The molecule has 0 unspecified atom stereocenters. The fraction of sp³-hybridized carbons (Fsp3) is 0.429. The van der Waals surface area contributed by atoms with E-state index in [1.54, 1.807) is 12.3 Å². The normalized spacial score (nSPS) is 12.6. The number of carboxylic acid groups (broad SMARTS) is 1. The van der Waals surface area contributed by atoms with Crippen LogP contribution in [0.1, 0.15) is 55.8 Å². The number of carboxylic acids is 1. The number of rotatable bonds is 7. The molecule has 0 aliphatic carbocycles.